The molecule has 1 aliphatic rings. The molecule has 0 aliphatic carbocycles. The van der Waals surface area contributed by atoms with Crippen LogP contribution in [0.5, 0.6) is 5.75 Å². The van der Waals surface area contributed by atoms with Gasteiger partial charge in [0.2, 0.25) is 0 Å². The molecule has 1 aliphatic heterocycles. The summed E-state index contributed by atoms with van der Waals surface area (Å²) in [5.74, 6) is -0.242. The van der Waals surface area contributed by atoms with Crippen molar-refractivity contribution in [2.45, 2.75) is 6.92 Å². The molecule has 3 aromatic rings. The van der Waals surface area contributed by atoms with Crippen molar-refractivity contribution in [3.8, 4) is 5.75 Å². The van der Waals surface area contributed by atoms with Crippen LogP contribution < -0.4 is 9.64 Å². The fraction of sp³-hybridized carbons (Fsp3) is 0.300. The Balaban J connectivity index is 1.50. The number of thiazole rings is 1. The summed E-state index contributed by atoms with van der Waals surface area (Å²) in [4.78, 5) is 32.1. The number of hydrogen-bond donors (Lipinski definition) is 0. The van der Waals surface area contributed by atoms with Crippen LogP contribution in [0.3, 0.4) is 0 Å². The lowest BCUT2D eigenvalue weighted by molar-refractivity contribution is -0.384. The van der Waals surface area contributed by atoms with E-state index in [0.29, 0.717) is 5.75 Å². The van der Waals surface area contributed by atoms with E-state index >= 15 is 0 Å². The average molecular weight is 412 g/mol. The van der Waals surface area contributed by atoms with Crippen molar-refractivity contribution in [2.75, 3.05) is 37.6 Å². The number of nitrogens with zero attached hydrogens (tertiary/aromatic N) is 4. The highest BCUT2D eigenvalue weighted by Crippen LogP contribution is 2.32. The summed E-state index contributed by atoms with van der Waals surface area (Å²) in [5.41, 5.74) is 0.848. The zero-order valence-electron chi connectivity index (χ0n) is 15.9. The molecule has 8 nitrogen and oxygen atoms in total. The lowest BCUT2D eigenvalue weighted by atomic mass is 10.2. The molecule has 150 valence electrons. The molecule has 1 aromatic heterocycles. The molecule has 0 saturated carbocycles. The van der Waals surface area contributed by atoms with E-state index in [9.17, 15) is 14.9 Å². The van der Waals surface area contributed by atoms with Gasteiger partial charge in [0.25, 0.3) is 5.69 Å². The number of hydrogen-bond acceptors (Lipinski definition) is 8. The van der Waals surface area contributed by atoms with Crippen LogP contribution in [0.2, 0.25) is 0 Å². The van der Waals surface area contributed by atoms with E-state index < -0.39 is 10.9 Å². The Bertz CT molecular complexity index is 1060. The second-order valence-electron chi connectivity index (χ2n) is 6.74. The molecule has 0 spiro atoms. The van der Waals surface area contributed by atoms with Crippen molar-refractivity contribution >= 4 is 38.3 Å². The van der Waals surface area contributed by atoms with Crippen LogP contribution in [0.15, 0.2) is 42.5 Å². The SMILES string of the molecule is CCN1CCN(c2nc3ccc(OC(=O)c4cccc([N+](=O)[O-])c4)cc3s2)CC1. The highest BCUT2D eigenvalue weighted by Gasteiger charge is 2.19. The molecule has 1 saturated heterocycles. The van der Waals surface area contributed by atoms with E-state index in [1.807, 2.05) is 6.07 Å². The van der Waals surface area contributed by atoms with Crippen molar-refractivity contribution in [3.05, 3.63) is 58.1 Å². The number of benzene rings is 2. The van der Waals surface area contributed by atoms with E-state index in [-0.39, 0.29) is 11.3 Å². The molecule has 2 heterocycles. The number of nitro groups is 1. The molecule has 4 rings (SSSR count). The first-order chi connectivity index (χ1) is 14.0. The Kier molecular flexibility index (Phi) is 5.41. The third kappa shape index (κ3) is 4.20. The predicted molar refractivity (Wildman–Crippen MR) is 112 cm³/mol. The van der Waals surface area contributed by atoms with E-state index in [0.717, 1.165) is 48.1 Å². The highest BCUT2D eigenvalue weighted by atomic mass is 32.1. The first-order valence-electron chi connectivity index (χ1n) is 9.38. The van der Waals surface area contributed by atoms with Gasteiger partial charge in [-0.3, -0.25) is 10.1 Å². The fourth-order valence-electron chi connectivity index (χ4n) is 3.26. The van der Waals surface area contributed by atoms with Crippen LogP contribution in [0.25, 0.3) is 10.2 Å². The zero-order chi connectivity index (χ0) is 20.4. The lowest BCUT2D eigenvalue weighted by Gasteiger charge is -2.33. The first kappa shape index (κ1) is 19.3. The number of rotatable bonds is 5. The molecule has 0 bridgehead atoms. The molecule has 0 unspecified atom stereocenters. The third-order valence-electron chi connectivity index (χ3n) is 4.94. The van der Waals surface area contributed by atoms with E-state index in [2.05, 4.69) is 16.7 Å². The van der Waals surface area contributed by atoms with Crippen molar-refractivity contribution < 1.29 is 14.5 Å². The summed E-state index contributed by atoms with van der Waals surface area (Å²) < 4.78 is 6.36. The second kappa shape index (κ2) is 8.14. The number of aromatic nitrogens is 1. The number of nitro benzene ring substituents is 1. The number of esters is 1. The minimum absolute atomic E-state index is 0.137. The maximum Gasteiger partial charge on any atom is 0.343 e. The van der Waals surface area contributed by atoms with Gasteiger partial charge in [0.15, 0.2) is 5.13 Å². The van der Waals surface area contributed by atoms with Gasteiger partial charge in [-0.05, 0) is 24.7 Å². The van der Waals surface area contributed by atoms with Crippen LogP contribution >= 0.6 is 11.3 Å². The van der Waals surface area contributed by atoms with Gasteiger partial charge in [-0.2, -0.15) is 0 Å². The molecule has 1 fully saturated rings. The molecule has 0 amide bonds. The molecule has 0 radical (unpaired) electrons. The normalized spacial score (nSPS) is 14.9. The second-order valence-corrected chi connectivity index (χ2v) is 7.75. The summed E-state index contributed by atoms with van der Waals surface area (Å²) >= 11 is 1.57. The Labute approximate surface area is 171 Å². The van der Waals surface area contributed by atoms with Crippen LogP contribution in [0.4, 0.5) is 10.8 Å². The van der Waals surface area contributed by atoms with Gasteiger partial charge >= 0.3 is 5.97 Å². The van der Waals surface area contributed by atoms with Crippen LogP contribution in [-0.4, -0.2) is 53.5 Å². The molecular weight excluding hydrogens is 392 g/mol. The summed E-state index contributed by atoms with van der Waals surface area (Å²) in [5, 5.41) is 11.9. The van der Waals surface area contributed by atoms with Crippen molar-refractivity contribution in [1.82, 2.24) is 9.88 Å². The Morgan fingerprint density at radius 2 is 2.00 bits per heavy atom. The highest BCUT2D eigenvalue weighted by molar-refractivity contribution is 7.22. The molecule has 29 heavy (non-hydrogen) atoms. The van der Waals surface area contributed by atoms with Crippen molar-refractivity contribution in [1.29, 1.82) is 0 Å². The number of carbonyl (C=O) groups excluding carboxylic acids is 1. The van der Waals surface area contributed by atoms with Gasteiger partial charge in [0, 0.05) is 44.4 Å². The standard InChI is InChI=1S/C20H20N4O4S/c1-2-22-8-10-23(11-9-22)20-21-17-7-6-16(13-18(17)29-20)28-19(25)14-4-3-5-15(12-14)24(26)27/h3-7,12-13H,2,8-11H2,1H3. The maximum atomic E-state index is 12.4. The molecular formula is C20H20N4O4S. The van der Waals surface area contributed by atoms with Crippen molar-refractivity contribution in [3.63, 3.8) is 0 Å². The predicted octanol–water partition coefficient (Wildman–Crippen LogP) is 3.57. The fourth-order valence-corrected chi connectivity index (χ4v) is 4.31. The lowest BCUT2D eigenvalue weighted by Crippen LogP contribution is -2.46. The molecule has 0 N–H and O–H groups in total. The first-order valence-corrected chi connectivity index (χ1v) is 10.2. The smallest absolute Gasteiger partial charge is 0.343 e. The number of ether oxygens (including phenoxy) is 1. The van der Waals surface area contributed by atoms with Crippen LogP contribution in [0.1, 0.15) is 17.3 Å². The van der Waals surface area contributed by atoms with E-state index in [1.54, 1.807) is 23.5 Å². The van der Waals surface area contributed by atoms with Gasteiger partial charge in [0.05, 0.1) is 20.7 Å². The maximum absolute atomic E-state index is 12.4. The van der Waals surface area contributed by atoms with E-state index in [4.69, 9.17) is 9.72 Å². The van der Waals surface area contributed by atoms with Crippen LogP contribution in [-0.2, 0) is 0 Å². The number of non-ortho nitro benzene ring substituents is 1. The zero-order valence-corrected chi connectivity index (χ0v) is 16.7. The van der Waals surface area contributed by atoms with E-state index in [1.165, 1.54) is 24.3 Å². The third-order valence-corrected chi connectivity index (χ3v) is 6.02. The summed E-state index contributed by atoms with van der Waals surface area (Å²) in [7, 11) is 0. The number of carbonyl (C=O) groups is 1. The minimum atomic E-state index is -0.631. The Hall–Kier alpha value is -3.04. The molecule has 0 atom stereocenters. The Morgan fingerprint density at radius 1 is 1.21 bits per heavy atom. The number of likely N-dealkylation sites (N-methyl/N-ethyl adjacent to an activating group) is 1. The van der Waals surface area contributed by atoms with Gasteiger partial charge in [-0.1, -0.05) is 24.3 Å². The topological polar surface area (TPSA) is 88.8 Å². The largest absolute Gasteiger partial charge is 0.423 e. The average Bonchev–Trinajstić information content (AvgIpc) is 3.17. The molecule has 9 heteroatoms. The van der Waals surface area contributed by atoms with Gasteiger partial charge in [0.1, 0.15) is 5.75 Å². The van der Waals surface area contributed by atoms with Crippen LogP contribution in [0, 0.1) is 10.1 Å². The Morgan fingerprint density at radius 3 is 2.72 bits per heavy atom. The quantitative estimate of drug-likeness (QED) is 0.274. The molecule has 2 aromatic carbocycles. The summed E-state index contributed by atoms with van der Waals surface area (Å²) in [6, 6.07) is 10.8. The summed E-state index contributed by atoms with van der Waals surface area (Å²) in [6.45, 7) is 7.18. The van der Waals surface area contributed by atoms with Gasteiger partial charge < -0.3 is 14.5 Å². The number of piperazine rings is 1. The number of fused-ring (bicyclic) bond motifs is 1. The summed E-state index contributed by atoms with van der Waals surface area (Å²) in [6.07, 6.45) is 0. The van der Waals surface area contributed by atoms with Gasteiger partial charge in [-0.15, -0.1) is 0 Å². The monoisotopic (exact) mass is 412 g/mol. The number of anilines is 1. The van der Waals surface area contributed by atoms with Gasteiger partial charge in [-0.25, -0.2) is 9.78 Å². The van der Waals surface area contributed by atoms with Crippen molar-refractivity contribution in [2.24, 2.45) is 0 Å². The minimum Gasteiger partial charge on any atom is -0.423 e.